The van der Waals surface area contributed by atoms with Gasteiger partial charge in [0.1, 0.15) is 0 Å². The number of benzene rings is 1. The largest absolute Gasteiger partial charge is 0.133 e. The molecule has 1 aromatic rings. The van der Waals surface area contributed by atoms with Gasteiger partial charge in [-0.05, 0) is 22.8 Å². The molecule has 1 saturated carbocycles. The molecule has 0 aromatic heterocycles. The highest BCUT2D eigenvalue weighted by atomic mass is 31.0. The molecule has 0 saturated heterocycles. The first-order chi connectivity index (χ1) is 5.30. The minimum Gasteiger partial charge on any atom is -0.133 e. The van der Waals surface area contributed by atoms with Crippen molar-refractivity contribution in [2.75, 3.05) is 0 Å². The summed E-state index contributed by atoms with van der Waals surface area (Å²) in [5.74, 6) is 0.770. The monoisotopic (exact) mass is 182 g/mol. The molecule has 0 aliphatic heterocycles. The molecule has 2 rings (SSSR count). The predicted molar refractivity (Wildman–Crippen MR) is 56.2 cm³/mol. The summed E-state index contributed by atoms with van der Waals surface area (Å²) in [6.45, 7) is 0. The third-order valence-electron chi connectivity index (χ3n) is 2.32. The minimum absolute atomic E-state index is 0.770. The van der Waals surface area contributed by atoms with E-state index in [-0.39, 0.29) is 0 Å². The van der Waals surface area contributed by atoms with Crippen LogP contribution in [-0.2, 0) is 0 Å². The fraction of sp³-hybridized carbons (Fsp3) is 0.333. The molecule has 0 radical (unpaired) electrons. The molecule has 1 aliphatic rings. The molecule has 1 fully saturated rings. The molecule has 0 nitrogen and oxygen atoms in total. The Labute approximate surface area is 72.2 Å². The second-order valence-electron chi connectivity index (χ2n) is 3.09. The van der Waals surface area contributed by atoms with Crippen molar-refractivity contribution in [2.45, 2.75) is 17.2 Å². The van der Waals surface area contributed by atoms with Gasteiger partial charge in [0.2, 0.25) is 0 Å². The van der Waals surface area contributed by atoms with E-state index in [1.807, 2.05) is 0 Å². The van der Waals surface area contributed by atoms with Crippen LogP contribution in [0.25, 0.3) is 0 Å². The van der Waals surface area contributed by atoms with Crippen LogP contribution in [-0.4, -0.2) is 11.3 Å². The van der Waals surface area contributed by atoms with Gasteiger partial charge in [-0.2, -0.15) is 0 Å². The lowest BCUT2D eigenvalue weighted by atomic mass is 10.1. The van der Waals surface area contributed by atoms with Gasteiger partial charge in [-0.25, -0.2) is 0 Å². The van der Waals surface area contributed by atoms with Crippen molar-refractivity contribution in [3.05, 3.63) is 35.9 Å². The van der Waals surface area contributed by atoms with E-state index in [2.05, 4.69) is 48.8 Å². The summed E-state index contributed by atoms with van der Waals surface area (Å²) in [6, 6.07) is 10.7. The number of rotatable bonds is 1. The fourth-order valence-corrected chi connectivity index (χ4v) is 2.92. The molecule has 4 unspecified atom stereocenters. The summed E-state index contributed by atoms with van der Waals surface area (Å²) >= 11 is 0. The summed E-state index contributed by atoms with van der Waals surface area (Å²) in [6.07, 6.45) is 0. The minimum atomic E-state index is 0.770. The van der Waals surface area contributed by atoms with Gasteiger partial charge < -0.3 is 0 Å². The zero-order valence-corrected chi connectivity index (χ0v) is 8.58. The Hall–Kier alpha value is 0.0800. The van der Waals surface area contributed by atoms with Gasteiger partial charge in [0, 0.05) is 0 Å². The molecule has 1 aliphatic carbocycles. The SMILES string of the molecule is PC1C(P)C1c1ccccc1. The van der Waals surface area contributed by atoms with Crippen molar-refractivity contribution in [1.29, 1.82) is 0 Å². The lowest BCUT2D eigenvalue weighted by molar-refractivity contribution is 1.14. The van der Waals surface area contributed by atoms with Crippen LogP contribution in [0.2, 0.25) is 0 Å². The highest BCUT2D eigenvalue weighted by Crippen LogP contribution is 2.51. The van der Waals surface area contributed by atoms with Crippen molar-refractivity contribution >= 4 is 18.5 Å². The Morgan fingerprint density at radius 3 is 1.91 bits per heavy atom. The smallest absolute Gasteiger partial charge is 0.00239 e. The van der Waals surface area contributed by atoms with E-state index in [1.54, 1.807) is 0 Å². The number of hydrogen-bond donors (Lipinski definition) is 0. The first-order valence-corrected chi connectivity index (χ1v) is 5.20. The van der Waals surface area contributed by atoms with E-state index in [4.69, 9.17) is 0 Å². The van der Waals surface area contributed by atoms with Gasteiger partial charge in [0.05, 0.1) is 0 Å². The van der Waals surface area contributed by atoms with Crippen LogP contribution in [0.5, 0.6) is 0 Å². The lowest BCUT2D eigenvalue weighted by Gasteiger charge is -1.95. The second kappa shape index (κ2) is 2.85. The second-order valence-corrected chi connectivity index (χ2v) is 4.63. The molecule has 0 heterocycles. The van der Waals surface area contributed by atoms with Gasteiger partial charge in [-0.1, -0.05) is 30.3 Å². The molecule has 1 aromatic carbocycles. The van der Waals surface area contributed by atoms with Crippen LogP contribution in [0.15, 0.2) is 30.3 Å². The van der Waals surface area contributed by atoms with E-state index in [1.165, 1.54) is 5.56 Å². The first-order valence-electron chi connectivity index (χ1n) is 3.87. The molecule has 0 N–H and O–H groups in total. The van der Waals surface area contributed by atoms with Crippen molar-refractivity contribution in [3.63, 3.8) is 0 Å². The molecule has 0 amide bonds. The third-order valence-corrected chi connectivity index (χ3v) is 4.48. The summed E-state index contributed by atoms with van der Waals surface area (Å²) in [5.41, 5.74) is 3.04. The average Bonchev–Trinajstić information content (AvgIpc) is 2.62. The van der Waals surface area contributed by atoms with Crippen LogP contribution in [0.4, 0.5) is 0 Å². The van der Waals surface area contributed by atoms with E-state index >= 15 is 0 Å². The van der Waals surface area contributed by atoms with Crippen LogP contribution in [0, 0.1) is 0 Å². The predicted octanol–water partition coefficient (Wildman–Crippen LogP) is 2.27. The lowest BCUT2D eigenvalue weighted by Crippen LogP contribution is -1.79. The Balaban J connectivity index is 2.20. The molecule has 0 bridgehead atoms. The zero-order valence-electron chi connectivity index (χ0n) is 6.27. The van der Waals surface area contributed by atoms with Crippen LogP contribution in [0.1, 0.15) is 11.5 Å². The van der Waals surface area contributed by atoms with Crippen molar-refractivity contribution in [1.82, 2.24) is 0 Å². The standard InChI is InChI=1S/C9H12P2/c10-8-7(9(8)11)6-4-2-1-3-5-6/h1-5,7-9H,10-11H2. The number of hydrogen-bond acceptors (Lipinski definition) is 0. The molecule has 2 heteroatoms. The first kappa shape index (κ1) is 7.71. The van der Waals surface area contributed by atoms with Gasteiger partial charge in [-0.15, -0.1) is 18.5 Å². The maximum absolute atomic E-state index is 2.90. The van der Waals surface area contributed by atoms with E-state index in [0.29, 0.717) is 0 Å². The Kier molecular flexibility index (Phi) is 2.00. The maximum atomic E-state index is 2.90. The van der Waals surface area contributed by atoms with Crippen LogP contribution >= 0.6 is 18.5 Å². The molecule has 4 atom stereocenters. The van der Waals surface area contributed by atoms with Crippen molar-refractivity contribution < 1.29 is 0 Å². The zero-order chi connectivity index (χ0) is 7.84. The highest BCUT2D eigenvalue weighted by Gasteiger charge is 2.44. The summed E-state index contributed by atoms with van der Waals surface area (Å²) in [7, 11) is 5.80. The average molecular weight is 182 g/mol. The van der Waals surface area contributed by atoms with Crippen LogP contribution < -0.4 is 0 Å². The van der Waals surface area contributed by atoms with Gasteiger partial charge in [0.25, 0.3) is 0 Å². The Morgan fingerprint density at radius 1 is 0.909 bits per heavy atom. The topological polar surface area (TPSA) is 0 Å². The van der Waals surface area contributed by atoms with Crippen LogP contribution in [0.3, 0.4) is 0 Å². The fourth-order valence-electron chi connectivity index (χ4n) is 1.48. The van der Waals surface area contributed by atoms with Crippen molar-refractivity contribution in [2.24, 2.45) is 0 Å². The molecular weight excluding hydrogens is 170 g/mol. The quantitative estimate of drug-likeness (QED) is 0.584. The maximum Gasteiger partial charge on any atom is -0.00239 e. The summed E-state index contributed by atoms with van der Waals surface area (Å²) in [4.78, 5) is 0. The Bertz CT molecular complexity index is 237. The van der Waals surface area contributed by atoms with Gasteiger partial charge in [-0.3, -0.25) is 0 Å². The third kappa shape index (κ3) is 1.35. The normalized spacial score (nSPS) is 35.3. The van der Waals surface area contributed by atoms with Crippen molar-refractivity contribution in [3.8, 4) is 0 Å². The molecule has 11 heavy (non-hydrogen) atoms. The van der Waals surface area contributed by atoms with E-state index < -0.39 is 0 Å². The van der Waals surface area contributed by atoms with Gasteiger partial charge in [0.15, 0.2) is 0 Å². The van der Waals surface area contributed by atoms with E-state index in [0.717, 1.165) is 17.2 Å². The van der Waals surface area contributed by atoms with Gasteiger partial charge >= 0.3 is 0 Å². The molecular formula is C9H12P2. The van der Waals surface area contributed by atoms with E-state index in [9.17, 15) is 0 Å². The highest BCUT2D eigenvalue weighted by molar-refractivity contribution is 7.25. The summed E-state index contributed by atoms with van der Waals surface area (Å²) in [5, 5.41) is 0. The Morgan fingerprint density at radius 2 is 1.45 bits per heavy atom. The molecule has 58 valence electrons. The summed E-state index contributed by atoms with van der Waals surface area (Å²) < 4.78 is 0. The molecule has 0 spiro atoms.